The fourth-order valence-corrected chi connectivity index (χ4v) is 4.34. The van der Waals surface area contributed by atoms with Gasteiger partial charge in [0.15, 0.2) is 17.2 Å². The Hall–Kier alpha value is -3.79. The molecular formula is C26H32N4O6. The van der Waals surface area contributed by atoms with E-state index in [0.717, 1.165) is 11.3 Å². The number of nitrogens with zero attached hydrogens (tertiary/aromatic N) is 2. The minimum Gasteiger partial charge on any atom is -0.493 e. The van der Waals surface area contributed by atoms with E-state index < -0.39 is 5.97 Å². The number of carbonyl (C=O) groups is 2. The number of hydrogen-bond donors (Lipinski definition) is 2. The third-order valence-corrected chi connectivity index (χ3v) is 6.17. The van der Waals surface area contributed by atoms with Crippen LogP contribution in [0.15, 0.2) is 30.5 Å². The first-order valence-corrected chi connectivity index (χ1v) is 12.0. The Balaban J connectivity index is 1.66. The number of carbonyl (C=O) groups excluding carboxylic acids is 2. The van der Waals surface area contributed by atoms with E-state index in [9.17, 15) is 9.59 Å². The zero-order chi connectivity index (χ0) is 25.7. The van der Waals surface area contributed by atoms with Crippen molar-refractivity contribution in [1.82, 2.24) is 9.55 Å². The van der Waals surface area contributed by atoms with Crippen LogP contribution in [0.5, 0.6) is 11.5 Å². The highest BCUT2D eigenvalue weighted by molar-refractivity contribution is 6.11. The minimum absolute atomic E-state index is 0.187. The van der Waals surface area contributed by atoms with Crippen molar-refractivity contribution in [3.8, 4) is 11.5 Å². The Morgan fingerprint density at radius 2 is 2.03 bits per heavy atom. The fourth-order valence-electron chi connectivity index (χ4n) is 4.34. The van der Waals surface area contributed by atoms with Crippen molar-refractivity contribution in [1.29, 1.82) is 0 Å². The number of aromatic nitrogens is 2. The second kappa shape index (κ2) is 11.3. The van der Waals surface area contributed by atoms with Crippen molar-refractivity contribution in [2.24, 2.45) is 5.92 Å². The monoisotopic (exact) mass is 496 g/mol. The van der Waals surface area contributed by atoms with Crippen molar-refractivity contribution in [3.05, 3.63) is 41.7 Å². The van der Waals surface area contributed by atoms with Crippen LogP contribution in [0.2, 0.25) is 0 Å². The van der Waals surface area contributed by atoms with Gasteiger partial charge in [-0.25, -0.2) is 9.78 Å². The zero-order valence-corrected chi connectivity index (χ0v) is 21.1. The van der Waals surface area contributed by atoms with Crippen molar-refractivity contribution in [2.45, 2.75) is 33.4 Å². The third kappa shape index (κ3) is 5.08. The molecule has 1 aromatic carbocycles. The van der Waals surface area contributed by atoms with Gasteiger partial charge in [0, 0.05) is 25.1 Å². The highest BCUT2D eigenvalue weighted by Gasteiger charge is 2.29. The first kappa shape index (κ1) is 25.3. The number of anilines is 2. The van der Waals surface area contributed by atoms with Gasteiger partial charge < -0.3 is 34.1 Å². The summed E-state index contributed by atoms with van der Waals surface area (Å²) in [6.07, 6.45) is 2.35. The zero-order valence-electron chi connectivity index (χ0n) is 21.1. The average molecular weight is 497 g/mol. The SMILES string of the molecule is CCOc1cc(CNc2cnc3c(c2)c(NC(=O)[C@H]2CCOC2)c(C(=O)OC)n3CC)ccc1OC. The first-order chi connectivity index (χ1) is 17.5. The van der Waals surface area contributed by atoms with Crippen molar-refractivity contribution >= 4 is 34.3 Å². The van der Waals surface area contributed by atoms with Gasteiger partial charge in [-0.05, 0) is 44.0 Å². The van der Waals surface area contributed by atoms with E-state index in [1.54, 1.807) is 17.9 Å². The highest BCUT2D eigenvalue weighted by Crippen LogP contribution is 2.34. The lowest BCUT2D eigenvalue weighted by molar-refractivity contribution is -0.119. The van der Waals surface area contributed by atoms with Gasteiger partial charge in [0.2, 0.25) is 5.91 Å². The Morgan fingerprint density at radius 1 is 1.19 bits per heavy atom. The molecule has 1 amide bonds. The molecule has 3 heterocycles. The maximum atomic E-state index is 12.9. The number of benzene rings is 1. The lowest BCUT2D eigenvalue weighted by Crippen LogP contribution is -2.24. The highest BCUT2D eigenvalue weighted by atomic mass is 16.5. The summed E-state index contributed by atoms with van der Waals surface area (Å²) in [6.45, 7) is 6.27. The van der Waals surface area contributed by atoms with Crippen LogP contribution in [-0.2, 0) is 27.4 Å². The Morgan fingerprint density at radius 3 is 2.69 bits per heavy atom. The summed E-state index contributed by atoms with van der Waals surface area (Å²) in [7, 11) is 2.93. The molecule has 1 aliphatic rings. The van der Waals surface area contributed by atoms with Gasteiger partial charge in [-0.1, -0.05) is 6.07 Å². The Bertz CT molecular complexity index is 1250. The van der Waals surface area contributed by atoms with Crippen LogP contribution < -0.4 is 20.1 Å². The molecule has 10 heteroatoms. The average Bonchev–Trinajstić information content (AvgIpc) is 3.54. The smallest absolute Gasteiger partial charge is 0.356 e. The quantitative estimate of drug-likeness (QED) is 0.407. The van der Waals surface area contributed by atoms with Gasteiger partial charge in [0.25, 0.3) is 0 Å². The summed E-state index contributed by atoms with van der Waals surface area (Å²) in [6, 6.07) is 7.64. The number of nitrogens with one attached hydrogen (secondary N) is 2. The predicted molar refractivity (Wildman–Crippen MR) is 136 cm³/mol. The molecule has 0 spiro atoms. The van der Waals surface area contributed by atoms with E-state index in [0.29, 0.717) is 67.6 Å². The molecule has 0 unspecified atom stereocenters. The van der Waals surface area contributed by atoms with Crippen molar-refractivity contribution in [2.75, 3.05) is 44.7 Å². The molecule has 1 fully saturated rings. The number of amides is 1. The maximum Gasteiger partial charge on any atom is 0.356 e. The van der Waals surface area contributed by atoms with Crippen LogP contribution in [0, 0.1) is 5.92 Å². The first-order valence-electron chi connectivity index (χ1n) is 12.0. The summed E-state index contributed by atoms with van der Waals surface area (Å²) >= 11 is 0. The summed E-state index contributed by atoms with van der Waals surface area (Å²) in [5, 5.41) is 6.98. The largest absolute Gasteiger partial charge is 0.493 e. The lowest BCUT2D eigenvalue weighted by atomic mass is 10.1. The molecule has 0 aliphatic carbocycles. The molecule has 4 rings (SSSR count). The van der Waals surface area contributed by atoms with Crippen molar-refractivity contribution < 1.29 is 28.5 Å². The van der Waals surface area contributed by atoms with Crippen LogP contribution in [0.1, 0.15) is 36.3 Å². The number of hydrogen-bond acceptors (Lipinski definition) is 8. The molecule has 2 aromatic heterocycles. The number of aryl methyl sites for hydroxylation is 1. The van der Waals surface area contributed by atoms with E-state index >= 15 is 0 Å². The molecule has 0 saturated carbocycles. The van der Waals surface area contributed by atoms with Crippen LogP contribution in [0.4, 0.5) is 11.4 Å². The molecule has 1 aliphatic heterocycles. The second-order valence-electron chi connectivity index (χ2n) is 8.38. The van der Waals surface area contributed by atoms with Crippen molar-refractivity contribution in [3.63, 3.8) is 0 Å². The number of rotatable bonds is 10. The molecular weight excluding hydrogens is 464 g/mol. The minimum atomic E-state index is -0.538. The molecule has 0 bridgehead atoms. The van der Waals surface area contributed by atoms with Crippen LogP contribution in [0.3, 0.4) is 0 Å². The van der Waals surface area contributed by atoms with Gasteiger partial charge in [-0.3, -0.25) is 4.79 Å². The molecule has 2 N–H and O–H groups in total. The van der Waals surface area contributed by atoms with Crippen LogP contribution in [0.25, 0.3) is 11.0 Å². The molecule has 3 aromatic rings. The van der Waals surface area contributed by atoms with E-state index in [1.807, 2.05) is 38.1 Å². The van der Waals surface area contributed by atoms with Gasteiger partial charge in [-0.2, -0.15) is 0 Å². The maximum absolute atomic E-state index is 12.9. The molecule has 1 saturated heterocycles. The van der Waals surface area contributed by atoms with E-state index in [4.69, 9.17) is 18.9 Å². The summed E-state index contributed by atoms with van der Waals surface area (Å²) in [5.74, 6) is 0.362. The number of methoxy groups -OCH3 is 2. The topological polar surface area (TPSA) is 113 Å². The normalized spacial score (nSPS) is 15.1. The van der Waals surface area contributed by atoms with E-state index in [2.05, 4.69) is 15.6 Å². The lowest BCUT2D eigenvalue weighted by Gasteiger charge is -2.12. The molecule has 1 atom stereocenters. The summed E-state index contributed by atoms with van der Waals surface area (Å²) in [5.41, 5.74) is 2.99. The standard InChI is InChI=1S/C26H32N4O6/c1-5-30-23(26(32)34-4)22(29-25(31)17-9-10-35-15-17)19-12-18(14-28-24(19)30)27-13-16-7-8-20(33-3)21(11-16)36-6-2/h7-8,11-12,14,17,27H,5-6,9-10,13,15H2,1-4H3,(H,29,31)/t17-/m0/s1. The van der Waals surface area contributed by atoms with Gasteiger partial charge in [-0.15, -0.1) is 0 Å². The number of esters is 1. The van der Waals surface area contributed by atoms with Gasteiger partial charge >= 0.3 is 5.97 Å². The van der Waals surface area contributed by atoms with E-state index in [1.165, 1.54) is 7.11 Å². The number of pyridine rings is 1. The van der Waals surface area contributed by atoms with Crippen LogP contribution >= 0.6 is 0 Å². The second-order valence-corrected chi connectivity index (χ2v) is 8.38. The summed E-state index contributed by atoms with van der Waals surface area (Å²) < 4.78 is 23.2. The molecule has 10 nitrogen and oxygen atoms in total. The fraction of sp³-hybridized carbons (Fsp3) is 0.423. The Labute approximate surface area is 209 Å². The predicted octanol–water partition coefficient (Wildman–Crippen LogP) is 3.84. The van der Waals surface area contributed by atoms with Gasteiger partial charge in [0.05, 0.1) is 50.9 Å². The molecule has 192 valence electrons. The number of ether oxygens (including phenoxy) is 4. The molecule has 0 radical (unpaired) electrons. The Kier molecular flexibility index (Phi) is 7.94. The number of fused-ring (bicyclic) bond motifs is 1. The summed E-state index contributed by atoms with van der Waals surface area (Å²) in [4.78, 5) is 30.3. The molecule has 36 heavy (non-hydrogen) atoms. The van der Waals surface area contributed by atoms with E-state index in [-0.39, 0.29) is 17.5 Å². The third-order valence-electron chi connectivity index (χ3n) is 6.17. The van der Waals surface area contributed by atoms with Crippen LogP contribution in [-0.4, -0.2) is 55.5 Å². The van der Waals surface area contributed by atoms with Gasteiger partial charge in [0.1, 0.15) is 5.65 Å².